The molecule has 0 spiro atoms. The lowest BCUT2D eigenvalue weighted by Crippen LogP contribution is -2.38. The zero-order valence-corrected chi connectivity index (χ0v) is 11.1. The third-order valence-electron chi connectivity index (χ3n) is 2.83. The third kappa shape index (κ3) is 3.73. The Morgan fingerprint density at radius 3 is 2.79 bits per heavy atom. The second-order valence-electron chi connectivity index (χ2n) is 4.36. The summed E-state index contributed by atoms with van der Waals surface area (Å²) in [6.45, 7) is 0. The molecule has 1 atom stereocenters. The van der Waals surface area contributed by atoms with Crippen LogP contribution in [-0.4, -0.2) is 33.1 Å². The molecular weight excluding hydrogens is 244 g/mol. The van der Waals surface area contributed by atoms with E-state index in [-0.39, 0.29) is 6.04 Å². The van der Waals surface area contributed by atoms with Crippen molar-refractivity contribution in [1.82, 2.24) is 25.4 Å². The first-order valence-electron chi connectivity index (χ1n) is 6.01. The Hall–Kier alpha value is -1.99. The van der Waals surface area contributed by atoms with Gasteiger partial charge in [0.05, 0.1) is 12.8 Å². The van der Waals surface area contributed by atoms with Crippen molar-refractivity contribution < 1.29 is 4.74 Å². The lowest BCUT2D eigenvalue weighted by molar-refractivity contribution is 0.397. The number of methoxy groups -OCH3 is 1. The molecule has 0 amide bonds. The Bertz CT molecular complexity index is 509. The fourth-order valence-corrected chi connectivity index (χ4v) is 1.87. The average molecular weight is 262 g/mol. The van der Waals surface area contributed by atoms with E-state index in [1.54, 1.807) is 18.0 Å². The van der Waals surface area contributed by atoms with Gasteiger partial charge in [0.15, 0.2) is 0 Å². The van der Waals surface area contributed by atoms with E-state index < -0.39 is 0 Å². The molecule has 7 nitrogen and oxygen atoms in total. The Morgan fingerprint density at radius 1 is 1.42 bits per heavy atom. The molecule has 3 N–H and O–H groups in total. The SMILES string of the molecule is COc1ccc(CC(Cc2cn(C)nn2)NN)cn1. The molecule has 0 saturated heterocycles. The number of hydrogen-bond acceptors (Lipinski definition) is 6. The fraction of sp³-hybridized carbons (Fsp3) is 0.417. The molecule has 7 heteroatoms. The fourth-order valence-electron chi connectivity index (χ4n) is 1.87. The summed E-state index contributed by atoms with van der Waals surface area (Å²) in [6.07, 6.45) is 5.16. The van der Waals surface area contributed by atoms with Crippen LogP contribution in [0.25, 0.3) is 0 Å². The van der Waals surface area contributed by atoms with Crippen molar-refractivity contribution in [2.24, 2.45) is 12.9 Å². The quantitative estimate of drug-likeness (QED) is 0.555. The Labute approximate surface area is 111 Å². The van der Waals surface area contributed by atoms with Crippen molar-refractivity contribution in [2.75, 3.05) is 7.11 Å². The van der Waals surface area contributed by atoms with Crippen molar-refractivity contribution in [3.05, 3.63) is 35.8 Å². The van der Waals surface area contributed by atoms with Gasteiger partial charge in [0.1, 0.15) is 0 Å². The molecule has 102 valence electrons. The summed E-state index contributed by atoms with van der Waals surface area (Å²) in [4.78, 5) is 4.17. The Morgan fingerprint density at radius 2 is 2.26 bits per heavy atom. The van der Waals surface area contributed by atoms with Crippen LogP contribution in [0.4, 0.5) is 0 Å². The van der Waals surface area contributed by atoms with Crippen LogP contribution in [0, 0.1) is 0 Å². The Kier molecular flexibility index (Phi) is 4.43. The van der Waals surface area contributed by atoms with E-state index in [1.165, 1.54) is 0 Å². The van der Waals surface area contributed by atoms with Gasteiger partial charge in [0.25, 0.3) is 0 Å². The van der Waals surface area contributed by atoms with Gasteiger partial charge in [-0.1, -0.05) is 11.3 Å². The number of aryl methyl sites for hydroxylation is 1. The molecule has 2 rings (SSSR count). The molecule has 0 bridgehead atoms. The van der Waals surface area contributed by atoms with Gasteiger partial charge in [0, 0.05) is 38.0 Å². The number of rotatable bonds is 6. The monoisotopic (exact) mass is 262 g/mol. The van der Waals surface area contributed by atoms with E-state index in [9.17, 15) is 0 Å². The third-order valence-corrected chi connectivity index (χ3v) is 2.83. The van der Waals surface area contributed by atoms with Crippen molar-refractivity contribution in [1.29, 1.82) is 0 Å². The lowest BCUT2D eigenvalue weighted by atomic mass is 10.0. The van der Waals surface area contributed by atoms with Crippen LogP contribution in [-0.2, 0) is 19.9 Å². The van der Waals surface area contributed by atoms with Gasteiger partial charge in [-0.2, -0.15) is 0 Å². The van der Waals surface area contributed by atoms with Gasteiger partial charge in [0.2, 0.25) is 5.88 Å². The van der Waals surface area contributed by atoms with Gasteiger partial charge in [-0.25, -0.2) is 4.98 Å². The highest BCUT2D eigenvalue weighted by molar-refractivity contribution is 5.19. The molecule has 1 unspecified atom stereocenters. The predicted octanol–water partition coefficient (Wildman–Crippen LogP) is -0.164. The molecule has 0 aliphatic heterocycles. The standard InChI is InChI=1S/C12H18N6O/c1-18-8-11(16-17-18)6-10(15-13)5-9-3-4-12(19-2)14-7-9/h3-4,7-8,10,15H,5-6,13H2,1-2H3. The van der Waals surface area contributed by atoms with E-state index in [0.29, 0.717) is 5.88 Å². The van der Waals surface area contributed by atoms with Crippen LogP contribution < -0.4 is 16.0 Å². The number of nitrogens with zero attached hydrogens (tertiary/aromatic N) is 4. The highest BCUT2D eigenvalue weighted by Gasteiger charge is 2.11. The first-order valence-corrected chi connectivity index (χ1v) is 6.01. The van der Waals surface area contributed by atoms with E-state index in [1.807, 2.05) is 25.4 Å². The van der Waals surface area contributed by atoms with Crippen LogP contribution in [0.1, 0.15) is 11.3 Å². The van der Waals surface area contributed by atoms with Crippen molar-refractivity contribution >= 4 is 0 Å². The average Bonchev–Trinajstić information content (AvgIpc) is 2.84. The van der Waals surface area contributed by atoms with Crippen LogP contribution in [0.3, 0.4) is 0 Å². The van der Waals surface area contributed by atoms with Crippen LogP contribution in [0.15, 0.2) is 24.5 Å². The van der Waals surface area contributed by atoms with Crippen LogP contribution in [0.5, 0.6) is 5.88 Å². The molecule has 0 fully saturated rings. The molecular formula is C12H18N6O. The van der Waals surface area contributed by atoms with Gasteiger partial charge in [-0.05, 0) is 12.0 Å². The minimum Gasteiger partial charge on any atom is -0.481 e. The smallest absolute Gasteiger partial charge is 0.212 e. The molecule has 2 aromatic heterocycles. The van der Waals surface area contributed by atoms with E-state index >= 15 is 0 Å². The Balaban J connectivity index is 1.97. The topological polar surface area (TPSA) is 90.9 Å². The first-order chi connectivity index (χ1) is 9.21. The highest BCUT2D eigenvalue weighted by atomic mass is 16.5. The zero-order valence-electron chi connectivity index (χ0n) is 11.1. The molecule has 2 heterocycles. The number of nitrogens with two attached hydrogens (primary N) is 1. The van der Waals surface area contributed by atoms with Gasteiger partial charge >= 0.3 is 0 Å². The van der Waals surface area contributed by atoms with Crippen molar-refractivity contribution in [3.63, 3.8) is 0 Å². The normalized spacial score (nSPS) is 12.4. The summed E-state index contributed by atoms with van der Waals surface area (Å²) in [5.41, 5.74) is 4.80. The molecule has 0 aliphatic carbocycles. The number of hydrazine groups is 1. The minimum atomic E-state index is 0.0897. The second-order valence-corrected chi connectivity index (χ2v) is 4.36. The number of hydrogen-bond donors (Lipinski definition) is 2. The zero-order chi connectivity index (χ0) is 13.7. The highest BCUT2D eigenvalue weighted by Crippen LogP contribution is 2.10. The molecule has 19 heavy (non-hydrogen) atoms. The van der Waals surface area contributed by atoms with Crippen molar-refractivity contribution in [2.45, 2.75) is 18.9 Å². The lowest BCUT2D eigenvalue weighted by Gasteiger charge is -2.14. The van der Waals surface area contributed by atoms with Gasteiger partial charge in [-0.3, -0.25) is 16.0 Å². The largest absolute Gasteiger partial charge is 0.481 e. The number of ether oxygens (including phenoxy) is 1. The summed E-state index contributed by atoms with van der Waals surface area (Å²) in [7, 11) is 3.44. The summed E-state index contributed by atoms with van der Waals surface area (Å²) in [5.74, 6) is 6.19. The van der Waals surface area contributed by atoms with E-state index in [4.69, 9.17) is 10.6 Å². The number of aromatic nitrogens is 4. The number of pyridine rings is 1. The van der Waals surface area contributed by atoms with E-state index in [0.717, 1.165) is 24.1 Å². The summed E-state index contributed by atoms with van der Waals surface area (Å²) in [5, 5.41) is 7.96. The molecule has 0 aliphatic rings. The predicted molar refractivity (Wildman–Crippen MR) is 70.3 cm³/mol. The van der Waals surface area contributed by atoms with Crippen LogP contribution >= 0.6 is 0 Å². The maximum Gasteiger partial charge on any atom is 0.212 e. The molecule has 0 radical (unpaired) electrons. The van der Waals surface area contributed by atoms with Crippen LogP contribution in [0.2, 0.25) is 0 Å². The number of nitrogens with one attached hydrogen (secondary N) is 1. The van der Waals surface area contributed by atoms with Crippen molar-refractivity contribution in [3.8, 4) is 5.88 Å². The second kappa shape index (κ2) is 6.26. The van der Waals surface area contributed by atoms with Gasteiger partial charge < -0.3 is 4.74 Å². The van der Waals surface area contributed by atoms with Gasteiger partial charge in [-0.15, -0.1) is 5.10 Å². The minimum absolute atomic E-state index is 0.0897. The maximum absolute atomic E-state index is 5.58. The molecule has 2 aromatic rings. The maximum atomic E-state index is 5.58. The first kappa shape index (κ1) is 13.4. The summed E-state index contributed by atoms with van der Waals surface area (Å²) in [6, 6.07) is 3.91. The summed E-state index contributed by atoms with van der Waals surface area (Å²) >= 11 is 0. The summed E-state index contributed by atoms with van der Waals surface area (Å²) < 4.78 is 6.70. The molecule has 0 saturated carbocycles. The van der Waals surface area contributed by atoms with E-state index in [2.05, 4.69) is 20.7 Å². The molecule has 0 aromatic carbocycles.